The first kappa shape index (κ1) is 22.8. The predicted molar refractivity (Wildman–Crippen MR) is 119 cm³/mol. The highest BCUT2D eigenvalue weighted by atomic mass is 16.4. The maximum absolute atomic E-state index is 11.3. The Morgan fingerprint density at radius 1 is 0.767 bits per heavy atom. The Hall–Kier alpha value is -1.84. The summed E-state index contributed by atoms with van der Waals surface area (Å²) in [5.41, 5.74) is 4.82. The van der Waals surface area contributed by atoms with Crippen LogP contribution in [0.15, 0.2) is 12.1 Å². The fourth-order valence-electron chi connectivity index (χ4n) is 4.79. The lowest BCUT2D eigenvalue weighted by atomic mass is 9.92. The Morgan fingerprint density at radius 2 is 1.27 bits per heavy atom. The van der Waals surface area contributed by atoms with Gasteiger partial charge in [0.05, 0.1) is 10.8 Å². The number of hydrogen-bond donors (Lipinski definition) is 2. The molecule has 0 bridgehead atoms. The fraction of sp³-hybridized carbons (Fsp3) is 0.692. The number of carbonyl (C=O) groups is 2. The third-order valence-electron chi connectivity index (χ3n) is 7.67. The van der Waals surface area contributed by atoms with Crippen molar-refractivity contribution in [1.29, 1.82) is 0 Å². The van der Waals surface area contributed by atoms with Crippen molar-refractivity contribution < 1.29 is 19.8 Å². The van der Waals surface area contributed by atoms with Crippen LogP contribution >= 0.6 is 0 Å². The lowest BCUT2D eigenvalue weighted by molar-refractivity contribution is -0.144. The molecule has 0 atom stereocenters. The molecule has 30 heavy (non-hydrogen) atoms. The number of rotatable bonds is 14. The Kier molecular flexibility index (Phi) is 7.26. The molecule has 0 amide bonds. The van der Waals surface area contributed by atoms with E-state index in [1.807, 2.05) is 0 Å². The van der Waals surface area contributed by atoms with E-state index >= 15 is 0 Å². The molecule has 4 nitrogen and oxygen atoms in total. The van der Waals surface area contributed by atoms with Gasteiger partial charge in [-0.05, 0) is 100 Å². The zero-order valence-electron chi connectivity index (χ0n) is 18.8. The van der Waals surface area contributed by atoms with Crippen LogP contribution in [0.5, 0.6) is 0 Å². The summed E-state index contributed by atoms with van der Waals surface area (Å²) >= 11 is 0. The van der Waals surface area contributed by atoms with E-state index in [-0.39, 0.29) is 10.8 Å². The van der Waals surface area contributed by atoms with E-state index in [9.17, 15) is 19.8 Å². The van der Waals surface area contributed by atoms with Crippen LogP contribution in [-0.4, -0.2) is 22.2 Å². The van der Waals surface area contributed by atoms with Crippen molar-refractivity contribution >= 4 is 11.9 Å². The molecule has 0 aromatic heterocycles. The molecule has 2 N–H and O–H groups in total. The maximum atomic E-state index is 11.3. The molecule has 2 fully saturated rings. The second-order valence-corrected chi connectivity index (χ2v) is 9.99. The van der Waals surface area contributed by atoms with Crippen LogP contribution in [0.2, 0.25) is 0 Å². The first-order valence-electron chi connectivity index (χ1n) is 11.8. The number of aliphatic carboxylic acids is 2. The Labute approximate surface area is 181 Å². The van der Waals surface area contributed by atoms with Crippen LogP contribution in [0.3, 0.4) is 0 Å². The average Bonchev–Trinajstić information content (AvgIpc) is 3.60. The number of aryl methyl sites for hydroxylation is 3. The molecule has 3 rings (SSSR count). The summed E-state index contributed by atoms with van der Waals surface area (Å²) in [5.74, 6) is -1.20. The van der Waals surface area contributed by atoms with Crippen molar-refractivity contribution in [1.82, 2.24) is 0 Å². The second-order valence-electron chi connectivity index (χ2n) is 9.99. The van der Waals surface area contributed by atoms with Crippen molar-refractivity contribution in [3.8, 4) is 0 Å². The van der Waals surface area contributed by atoms with Crippen molar-refractivity contribution in [2.75, 3.05) is 0 Å². The summed E-state index contributed by atoms with van der Waals surface area (Å²) in [7, 11) is 0. The normalized spacial score (nSPS) is 18.2. The molecule has 0 spiro atoms. The van der Waals surface area contributed by atoms with E-state index in [2.05, 4.69) is 26.0 Å². The van der Waals surface area contributed by atoms with E-state index in [1.54, 1.807) is 0 Å². The summed E-state index contributed by atoms with van der Waals surface area (Å²) in [6, 6.07) is 4.67. The highest BCUT2D eigenvalue weighted by Crippen LogP contribution is 2.50. The fourth-order valence-corrected chi connectivity index (χ4v) is 4.79. The predicted octanol–water partition coefficient (Wildman–Crippen LogP) is 6.24. The van der Waals surface area contributed by atoms with Gasteiger partial charge >= 0.3 is 11.9 Å². The minimum absolute atomic E-state index is 0.378. The van der Waals surface area contributed by atoms with Gasteiger partial charge in [-0.3, -0.25) is 9.59 Å². The molecule has 166 valence electrons. The largest absolute Gasteiger partial charge is 0.481 e. The highest BCUT2D eigenvalue weighted by molar-refractivity contribution is 5.78. The van der Waals surface area contributed by atoms with Crippen LogP contribution in [-0.2, 0) is 22.4 Å². The summed E-state index contributed by atoms with van der Waals surface area (Å²) < 4.78 is 0. The zero-order valence-corrected chi connectivity index (χ0v) is 18.8. The van der Waals surface area contributed by atoms with Gasteiger partial charge in [0.1, 0.15) is 0 Å². The van der Waals surface area contributed by atoms with Crippen molar-refractivity contribution in [3.05, 3.63) is 34.4 Å². The van der Waals surface area contributed by atoms with Crippen molar-refractivity contribution in [2.24, 2.45) is 10.8 Å². The van der Waals surface area contributed by atoms with Crippen LogP contribution in [0.1, 0.15) is 99.3 Å². The van der Waals surface area contributed by atoms with Gasteiger partial charge in [0.15, 0.2) is 0 Å². The molecule has 0 radical (unpaired) electrons. The first-order valence-corrected chi connectivity index (χ1v) is 11.8. The molecular formula is C26H38O4. The Balaban J connectivity index is 1.39. The summed E-state index contributed by atoms with van der Waals surface area (Å²) in [4.78, 5) is 22.5. The lowest BCUT2D eigenvalue weighted by Crippen LogP contribution is -2.14. The average molecular weight is 415 g/mol. The Morgan fingerprint density at radius 3 is 1.73 bits per heavy atom. The Bertz CT molecular complexity index is 771. The molecule has 0 aliphatic heterocycles. The van der Waals surface area contributed by atoms with Crippen LogP contribution in [0.4, 0.5) is 0 Å². The molecule has 1 aromatic rings. The van der Waals surface area contributed by atoms with E-state index in [4.69, 9.17) is 0 Å². The third-order valence-corrected chi connectivity index (χ3v) is 7.67. The third kappa shape index (κ3) is 5.65. The monoisotopic (exact) mass is 414 g/mol. The zero-order chi connectivity index (χ0) is 21.8. The van der Waals surface area contributed by atoms with Gasteiger partial charge < -0.3 is 10.2 Å². The molecule has 2 aliphatic carbocycles. The standard InChI is InChI=1S/C26H38O4/c1-19-17-21(9-5-3-7-11-25(13-14-25)23(27)28)18-22(20(19)2)10-6-4-8-12-26(15-16-26)24(29)30/h17-18H,3-16H2,1-2H3,(H,27,28)(H,29,30). The second kappa shape index (κ2) is 9.53. The van der Waals surface area contributed by atoms with Crippen molar-refractivity contribution in [3.63, 3.8) is 0 Å². The van der Waals surface area contributed by atoms with E-state index in [1.165, 1.54) is 22.3 Å². The molecule has 2 aliphatic rings. The first-order chi connectivity index (χ1) is 14.3. The number of benzene rings is 1. The molecule has 0 saturated heterocycles. The van der Waals surface area contributed by atoms with Crippen LogP contribution in [0, 0.1) is 24.7 Å². The number of carboxylic acids is 2. The summed E-state index contributed by atoms with van der Waals surface area (Å²) in [6.45, 7) is 4.40. The van der Waals surface area contributed by atoms with E-state index in [0.717, 1.165) is 89.9 Å². The molecule has 4 heteroatoms. The SMILES string of the molecule is Cc1cc(CCCCCC2(C(=O)O)CC2)cc(CCCCCC2(C(=O)O)CC2)c1C. The lowest BCUT2D eigenvalue weighted by Gasteiger charge is -2.13. The van der Waals surface area contributed by atoms with Gasteiger partial charge in [0, 0.05) is 0 Å². The number of carboxylic acid groups (broad SMARTS) is 2. The van der Waals surface area contributed by atoms with Gasteiger partial charge in [0.2, 0.25) is 0 Å². The van der Waals surface area contributed by atoms with E-state index in [0.29, 0.717) is 0 Å². The highest BCUT2D eigenvalue weighted by Gasteiger charge is 2.49. The van der Waals surface area contributed by atoms with Crippen LogP contribution in [0.25, 0.3) is 0 Å². The van der Waals surface area contributed by atoms with Gasteiger partial charge in [-0.15, -0.1) is 0 Å². The molecule has 1 aromatic carbocycles. The molecular weight excluding hydrogens is 376 g/mol. The smallest absolute Gasteiger partial charge is 0.309 e. The molecule has 2 saturated carbocycles. The molecule has 0 heterocycles. The van der Waals surface area contributed by atoms with Crippen molar-refractivity contribution in [2.45, 2.75) is 104 Å². The minimum Gasteiger partial charge on any atom is -0.481 e. The van der Waals surface area contributed by atoms with Crippen LogP contribution < -0.4 is 0 Å². The van der Waals surface area contributed by atoms with Gasteiger partial charge in [0.25, 0.3) is 0 Å². The number of hydrogen-bond acceptors (Lipinski definition) is 2. The van der Waals surface area contributed by atoms with Gasteiger partial charge in [-0.1, -0.05) is 37.8 Å². The molecule has 0 unspecified atom stereocenters. The van der Waals surface area contributed by atoms with Gasteiger partial charge in [-0.2, -0.15) is 0 Å². The van der Waals surface area contributed by atoms with E-state index < -0.39 is 11.9 Å². The van der Waals surface area contributed by atoms with Gasteiger partial charge in [-0.25, -0.2) is 0 Å². The quantitative estimate of drug-likeness (QED) is 0.353. The minimum atomic E-state index is -0.600. The topological polar surface area (TPSA) is 74.6 Å². The maximum Gasteiger partial charge on any atom is 0.309 e. The summed E-state index contributed by atoms with van der Waals surface area (Å²) in [6.07, 6.45) is 13.7. The number of unbranched alkanes of at least 4 members (excludes halogenated alkanes) is 4. The summed E-state index contributed by atoms with van der Waals surface area (Å²) in [5, 5.41) is 18.6.